The molecule has 0 aliphatic rings. The normalized spacial score (nSPS) is 10.7. The lowest BCUT2D eigenvalue weighted by Crippen LogP contribution is -2.12. The van der Waals surface area contributed by atoms with Gasteiger partial charge in [0.2, 0.25) is 5.91 Å². The number of carbonyl (C=O) groups is 1. The smallest absolute Gasteiger partial charge is 0.221 e. The number of rotatable bonds is 2. The molecule has 0 aromatic heterocycles. The van der Waals surface area contributed by atoms with Gasteiger partial charge in [-0.15, -0.1) is 0 Å². The highest BCUT2D eigenvalue weighted by Crippen LogP contribution is 2.28. The van der Waals surface area contributed by atoms with Crippen molar-refractivity contribution in [1.29, 1.82) is 5.26 Å². The van der Waals surface area contributed by atoms with Crippen LogP contribution in [0.15, 0.2) is 23.2 Å². The van der Waals surface area contributed by atoms with Crippen molar-refractivity contribution in [2.75, 3.05) is 11.6 Å². The highest BCUT2D eigenvalue weighted by molar-refractivity contribution is 8.13. The monoisotopic (exact) mass is 282 g/mol. The highest BCUT2D eigenvalue weighted by atomic mass is 35.5. The Kier molecular flexibility index (Phi) is 5.49. The van der Waals surface area contributed by atoms with Crippen LogP contribution in [0.1, 0.15) is 6.92 Å². The Balaban J connectivity index is 3.07. The van der Waals surface area contributed by atoms with Gasteiger partial charge in [-0.25, -0.2) is 4.99 Å². The summed E-state index contributed by atoms with van der Waals surface area (Å²) in [5.74, 6) is -0.174. The number of nitrogens with one attached hydrogen (secondary N) is 2. The lowest BCUT2D eigenvalue weighted by Gasteiger charge is -2.06. The van der Waals surface area contributed by atoms with E-state index in [4.69, 9.17) is 16.9 Å². The topological polar surface area (TPSA) is 77.3 Å². The summed E-state index contributed by atoms with van der Waals surface area (Å²) in [5, 5.41) is 14.5. The molecule has 0 saturated heterocycles. The third-order valence-corrected chi connectivity index (χ3v) is 2.74. The SMILES string of the molecule is CSC(=Nc1cc(NC(C)=O)ccc1Cl)NC#N. The molecule has 0 aliphatic carbocycles. The van der Waals surface area contributed by atoms with Crippen LogP contribution in [0.3, 0.4) is 0 Å². The van der Waals surface area contributed by atoms with Crippen molar-refractivity contribution in [1.82, 2.24) is 5.32 Å². The predicted molar refractivity (Wildman–Crippen MR) is 75.1 cm³/mol. The van der Waals surface area contributed by atoms with Crippen LogP contribution >= 0.6 is 23.4 Å². The van der Waals surface area contributed by atoms with Crippen LogP contribution in [-0.4, -0.2) is 17.3 Å². The second-order valence-electron chi connectivity index (χ2n) is 3.21. The molecule has 0 spiro atoms. The summed E-state index contributed by atoms with van der Waals surface area (Å²) in [6.07, 6.45) is 3.58. The number of amides is 1. The van der Waals surface area contributed by atoms with Gasteiger partial charge in [0.05, 0.1) is 10.7 Å². The minimum absolute atomic E-state index is 0.174. The molecule has 0 bridgehead atoms. The minimum Gasteiger partial charge on any atom is -0.326 e. The molecular weight excluding hydrogens is 272 g/mol. The number of hydrogen-bond donors (Lipinski definition) is 2. The lowest BCUT2D eigenvalue weighted by molar-refractivity contribution is -0.114. The van der Waals surface area contributed by atoms with E-state index in [0.29, 0.717) is 21.6 Å². The van der Waals surface area contributed by atoms with Gasteiger partial charge < -0.3 is 5.32 Å². The molecule has 94 valence electrons. The fourth-order valence-corrected chi connectivity index (χ4v) is 1.66. The van der Waals surface area contributed by atoms with Crippen molar-refractivity contribution in [3.8, 4) is 6.19 Å². The molecule has 1 aromatic carbocycles. The van der Waals surface area contributed by atoms with Crippen LogP contribution < -0.4 is 10.6 Å². The first kappa shape index (κ1) is 14.4. The molecule has 2 N–H and O–H groups in total. The third-order valence-electron chi connectivity index (χ3n) is 1.84. The molecule has 5 nitrogen and oxygen atoms in total. The van der Waals surface area contributed by atoms with E-state index in [2.05, 4.69) is 15.6 Å². The first-order chi connectivity index (χ1) is 8.56. The van der Waals surface area contributed by atoms with Gasteiger partial charge in [0.25, 0.3) is 0 Å². The molecular formula is C11H11ClN4OS. The summed E-state index contributed by atoms with van der Waals surface area (Å²) in [6.45, 7) is 1.42. The zero-order chi connectivity index (χ0) is 13.5. The van der Waals surface area contributed by atoms with Gasteiger partial charge in [0, 0.05) is 12.6 Å². The van der Waals surface area contributed by atoms with E-state index in [0.717, 1.165) is 0 Å². The van der Waals surface area contributed by atoms with Gasteiger partial charge in [0.1, 0.15) is 0 Å². The average molecular weight is 283 g/mol. The zero-order valence-corrected chi connectivity index (χ0v) is 11.4. The largest absolute Gasteiger partial charge is 0.326 e. The molecule has 0 radical (unpaired) electrons. The summed E-state index contributed by atoms with van der Waals surface area (Å²) in [6, 6.07) is 4.95. The van der Waals surface area contributed by atoms with Crippen molar-refractivity contribution in [3.05, 3.63) is 23.2 Å². The maximum Gasteiger partial charge on any atom is 0.221 e. The summed E-state index contributed by atoms with van der Waals surface area (Å²) >= 11 is 7.28. The molecule has 1 amide bonds. The van der Waals surface area contributed by atoms with Gasteiger partial charge in [-0.1, -0.05) is 23.4 Å². The fourth-order valence-electron chi connectivity index (χ4n) is 1.16. The summed E-state index contributed by atoms with van der Waals surface area (Å²) in [5.41, 5.74) is 1.08. The first-order valence-electron chi connectivity index (χ1n) is 4.91. The van der Waals surface area contributed by atoms with E-state index in [1.54, 1.807) is 30.6 Å². The van der Waals surface area contributed by atoms with Crippen LogP contribution in [0.5, 0.6) is 0 Å². The second kappa shape index (κ2) is 6.89. The van der Waals surface area contributed by atoms with Crippen LogP contribution in [0.4, 0.5) is 11.4 Å². The van der Waals surface area contributed by atoms with Gasteiger partial charge in [-0.05, 0) is 24.5 Å². The van der Waals surface area contributed by atoms with Crippen LogP contribution in [0.2, 0.25) is 5.02 Å². The second-order valence-corrected chi connectivity index (χ2v) is 4.41. The molecule has 1 rings (SSSR count). The number of nitrogens with zero attached hydrogens (tertiary/aromatic N) is 2. The van der Waals surface area contributed by atoms with Crippen LogP contribution in [-0.2, 0) is 4.79 Å². The molecule has 7 heteroatoms. The fraction of sp³-hybridized carbons (Fsp3) is 0.182. The molecule has 0 aliphatic heterocycles. The summed E-state index contributed by atoms with van der Waals surface area (Å²) in [4.78, 5) is 15.1. The predicted octanol–water partition coefficient (Wildman–Crippen LogP) is 2.72. The zero-order valence-electron chi connectivity index (χ0n) is 9.82. The van der Waals surface area contributed by atoms with E-state index in [9.17, 15) is 4.79 Å². The highest BCUT2D eigenvalue weighted by Gasteiger charge is 2.04. The number of thioether (sulfide) groups is 1. The Morgan fingerprint density at radius 2 is 2.28 bits per heavy atom. The third kappa shape index (κ3) is 4.28. The molecule has 0 heterocycles. The van der Waals surface area contributed by atoms with Crippen molar-refractivity contribution >= 4 is 45.8 Å². The van der Waals surface area contributed by atoms with E-state index < -0.39 is 0 Å². The number of anilines is 1. The minimum atomic E-state index is -0.174. The van der Waals surface area contributed by atoms with Crippen LogP contribution in [0, 0.1) is 11.5 Å². The lowest BCUT2D eigenvalue weighted by atomic mass is 10.3. The maximum atomic E-state index is 11.0. The standard InChI is InChI=1S/C11H11ClN4OS/c1-7(17)15-8-3-4-9(12)10(5-8)16-11(18-2)14-6-13/h3-5H,1-2H3,(H,14,16)(H,15,17). The van der Waals surface area contributed by atoms with Gasteiger partial charge in [-0.2, -0.15) is 5.26 Å². The van der Waals surface area contributed by atoms with Crippen LogP contribution in [0.25, 0.3) is 0 Å². The molecule has 0 unspecified atom stereocenters. The van der Waals surface area contributed by atoms with Crippen molar-refractivity contribution in [2.24, 2.45) is 4.99 Å². The van der Waals surface area contributed by atoms with Gasteiger partial charge in [-0.3, -0.25) is 10.1 Å². The van der Waals surface area contributed by atoms with Crippen molar-refractivity contribution < 1.29 is 4.79 Å². The summed E-state index contributed by atoms with van der Waals surface area (Å²) < 4.78 is 0. The Morgan fingerprint density at radius 3 is 2.83 bits per heavy atom. The Morgan fingerprint density at radius 1 is 1.56 bits per heavy atom. The number of amidine groups is 1. The Hall–Kier alpha value is -1.71. The summed E-state index contributed by atoms with van der Waals surface area (Å²) in [7, 11) is 0. The first-order valence-corrected chi connectivity index (χ1v) is 6.52. The van der Waals surface area contributed by atoms with E-state index in [1.165, 1.54) is 18.7 Å². The molecule has 0 atom stereocenters. The van der Waals surface area contributed by atoms with Crippen molar-refractivity contribution in [2.45, 2.75) is 6.92 Å². The number of carbonyl (C=O) groups excluding carboxylic acids is 1. The number of halogens is 1. The van der Waals surface area contributed by atoms with Gasteiger partial charge >= 0.3 is 0 Å². The number of hydrogen-bond acceptors (Lipinski definition) is 4. The van der Waals surface area contributed by atoms with E-state index in [1.807, 2.05) is 0 Å². The quantitative estimate of drug-likeness (QED) is 0.378. The molecule has 1 aromatic rings. The molecule has 0 saturated carbocycles. The molecule has 0 fully saturated rings. The number of benzene rings is 1. The van der Waals surface area contributed by atoms with Crippen molar-refractivity contribution in [3.63, 3.8) is 0 Å². The maximum absolute atomic E-state index is 11.0. The Bertz CT molecular complexity index is 524. The van der Waals surface area contributed by atoms with E-state index >= 15 is 0 Å². The average Bonchev–Trinajstić information content (AvgIpc) is 2.32. The van der Waals surface area contributed by atoms with E-state index in [-0.39, 0.29) is 5.91 Å². The Labute approximate surface area is 114 Å². The number of nitriles is 1. The number of aliphatic imine (C=N–C) groups is 1. The van der Waals surface area contributed by atoms with Gasteiger partial charge in [0.15, 0.2) is 11.4 Å². The molecule has 18 heavy (non-hydrogen) atoms.